The van der Waals surface area contributed by atoms with Gasteiger partial charge in [0.15, 0.2) is 0 Å². The molecule has 21 heavy (non-hydrogen) atoms. The van der Waals surface area contributed by atoms with Gasteiger partial charge in [0, 0.05) is 36.6 Å². The fraction of sp³-hybridized carbons (Fsp3) is 0.562. The Hall–Kier alpha value is -1.13. The number of rotatable bonds is 5. The molecule has 1 fully saturated rings. The quantitative estimate of drug-likeness (QED) is 0.904. The molecular weight excluding hydrogens is 291 g/mol. The van der Waals surface area contributed by atoms with Crippen LogP contribution in [-0.4, -0.2) is 30.4 Å². The molecule has 3 nitrogen and oxygen atoms in total. The normalized spacial score (nSPS) is 18.5. The summed E-state index contributed by atoms with van der Waals surface area (Å²) in [7, 11) is 1.69. The Morgan fingerprint density at radius 1 is 1.48 bits per heavy atom. The molecule has 1 unspecified atom stereocenters. The average molecular weight is 313 g/mol. The van der Waals surface area contributed by atoms with Gasteiger partial charge in [-0.15, -0.1) is 0 Å². The van der Waals surface area contributed by atoms with E-state index in [1.54, 1.807) is 24.1 Å². The minimum absolute atomic E-state index is 0.0293. The molecule has 1 aliphatic heterocycles. The second-order valence-electron chi connectivity index (χ2n) is 5.64. The van der Waals surface area contributed by atoms with Gasteiger partial charge < -0.3 is 10.2 Å². The number of hydrogen-bond donors (Lipinski definition) is 1. The Morgan fingerprint density at radius 3 is 2.95 bits per heavy atom. The average Bonchev–Trinajstić information content (AvgIpc) is 2.49. The van der Waals surface area contributed by atoms with Crippen molar-refractivity contribution in [2.75, 3.05) is 13.6 Å². The van der Waals surface area contributed by atoms with E-state index in [1.807, 2.05) is 0 Å². The van der Waals surface area contributed by atoms with Crippen molar-refractivity contribution < 1.29 is 9.18 Å². The Kier molecular flexibility index (Phi) is 6.00. The summed E-state index contributed by atoms with van der Waals surface area (Å²) in [5.41, 5.74) is 0.380. The number of hydrogen-bond acceptors (Lipinski definition) is 2. The Bertz CT molecular complexity index is 469. The molecule has 0 spiro atoms. The molecule has 1 saturated heterocycles. The van der Waals surface area contributed by atoms with Gasteiger partial charge in [-0.05, 0) is 37.9 Å². The van der Waals surface area contributed by atoms with Crippen molar-refractivity contribution in [1.82, 2.24) is 10.2 Å². The fourth-order valence-electron chi connectivity index (χ4n) is 2.67. The molecule has 0 radical (unpaired) electrons. The van der Waals surface area contributed by atoms with Crippen LogP contribution in [0.25, 0.3) is 0 Å². The van der Waals surface area contributed by atoms with Gasteiger partial charge in [-0.25, -0.2) is 4.39 Å². The molecule has 5 heteroatoms. The summed E-state index contributed by atoms with van der Waals surface area (Å²) in [6.07, 6.45) is 4.91. The highest BCUT2D eigenvalue weighted by molar-refractivity contribution is 6.31. The predicted molar refractivity (Wildman–Crippen MR) is 82.8 cm³/mol. The van der Waals surface area contributed by atoms with E-state index in [2.05, 4.69) is 5.32 Å². The first kappa shape index (κ1) is 16.2. The molecule has 1 aromatic carbocycles. The molecule has 0 aliphatic carbocycles. The molecule has 1 N–H and O–H groups in total. The maximum absolute atomic E-state index is 13.7. The van der Waals surface area contributed by atoms with E-state index < -0.39 is 0 Å². The van der Waals surface area contributed by atoms with E-state index in [0.717, 1.165) is 19.4 Å². The van der Waals surface area contributed by atoms with E-state index in [-0.39, 0.29) is 18.3 Å². The van der Waals surface area contributed by atoms with Gasteiger partial charge in [-0.1, -0.05) is 24.1 Å². The molecule has 1 atom stereocenters. The molecule has 116 valence electrons. The van der Waals surface area contributed by atoms with Crippen molar-refractivity contribution in [3.05, 3.63) is 34.6 Å². The number of amides is 1. The monoisotopic (exact) mass is 312 g/mol. The molecule has 1 aliphatic rings. The summed E-state index contributed by atoms with van der Waals surface area (Å²) in [5.74, 6) is -0.335. The van der Waals surface area contributed by atoms with Gasteiger partial charge in [0.2, 0.25) is 5.91 Å². The van der Waals surface area contributed by atoms with Crippen LogP contribution >= 0.6 is 11.6 Å². The third-order valence-corrected chi connectivity index (χ3v) is 4.36. The minimum atomic E-state index is -0.365. The zero-order valence-corrected chi connectivity index (χ0v) is 13.1. The number of carbonyl (C=O) groups is 1. The zero-order chi connectivity index (χ0) is 15.2. The van der Waals surface area contributed by atoms with Crippen molar-refractivity contribution in [2.45, 2.75) is 44.7 Å². The van der Waals surface area contributed by atoms with E-state index in [0.29, 0.717) is 23.0 Å². The zero-order valence-electron chi connectivity index (χ0n) is 12.4. The van der Waals surface area contributed by atoms with E-state index in [4.69, 9.17) is 11.6 Å². The van der Waals surface area contributed by atoms with Crippen LogP contribution in [0.4, 0.5) is 4.39 Å². The minimum Gasteiger partial charge on any atom is -0.341 e. The lowest BCUT2D eigenvalue weighted by atomic mass is 10.0. The first-order valence-corrected chi connectivity index (χ1v) is 7.86. The smallest absolute Gasteiger partial charge is 0.222 e. The lowest BCUT2D eigenvalue weighted by Gasteiger charge is -2.24. The van der Waals surface area contributed by atoms with Crippen LogP contribution in [0.15, 0.2) is 18.2 Å². The molecule has 1 amide bonds. The Balaban J connectivity index is 1.84. The standard InChI is InChI=1S/C16H22ClFN2O/c1-20(11-13-14(17)6-4-7-15(13)18)16(21)9-8-12-5-2-3-10-19-12/h4,6-7,12,19H,2-3,5,8-11H2,1H3. The fourth-order valence-corrected chi connectivity index (χ4v) is 2.89. The number of carbonyl (C=O) groups excluding carboxylic acids is 1. The SMILES string of the molecule is CN(Cc1c(F)cccc1Cl)C(=O)CCC1CCCCN1. The first-order chi connectivity index (χ1) is 10.1. The summed E-state index contributed by atoms with van der Waals surface area (Å²) >= 11 is 5.99. The van der Waals surface area contributed by atoms with Crippen LogP contribution in [0.2, 0.25) is 5.02 Å². The molecule has 0 aromatic heterocycles. The second kappa shape index (κ2) is 7.76. The van der Waals surface area contributed by atoms with Crippen LogP contribution in [0.1, 0.15) is 37.7 Å². The van der Waals surface area contributed by atoms with Gasteiger partial charge in [0.05, 0.1) is 0 Å². The van der Waals surface area contributed by atoms with Gasteiger partial charge in [0.1, 0.15) is 5.82 Å². The van der Waals surface area contributed by atoms with Crippen molar-refractivity contribution in [3.8, 4) is 0 Å². The summed E-state index contributed by atoms with van der Waals surface area (Å²) in [6, 6.07) is 5.01. The van der Waals surface area contributed by atoms with Gasteiger partial charge in [0.25, 0.3) is 0 Å². The van der Waals surface area contributed by atoms with Crippen LogP contribution in [0, 0.1) is 5.82 Å². The maximum atomic E-state index is 13.7. The number of benzene rings is 1. The third-order valence-electron chi connectivity index (χ3n) is 4.00. The lowest BCUT2D eigenvalue weighted by Crippen LogP contribution is -2.35. The number of halogens is 2. The predicted octanol–water partition coefficient (Wildman–Crippen LogP) is 3.36. The number of piperidine rings is 1. The number of nitrogens with one attached hydrogen (secondary N) is 1. The molecule has 1 aromatic rings. The molecular formula is C16H22ClFN2O. The van der Waals surface area contributed by atoms with E-state index >= 15 is 0 Å². The van der Waals surface area contributed by atoms with Crippen molar-refractivity contribution >= 4 is 17.5 Å². The molecule has 0 saturated carbocycles. The van der Waals surface area contributed by atoms with Crippen molar-refractivity contribution in [2.24, 2.45) is 0 Å². The van der Waals surface area contributed by atoms with Gasteiger partial charge in [-0.3, -0.25) is 4.79 Å². The molecule has 2 rings (SSSR count). The van der Waals surface area contributed by atoms with Crippen molar-refractivity contribution in [3.63, 3.8) is 0 Å². The van der Waals surface area contributed by atoms with E-state index in [9.17, 15) is 9.18 Å². The second-order valence-corrected chi connectivity index (χ2v) is 6.04. The summed E-state index contributed by atoms with van der Waals surface area (Å²) in [4.78, 5) is 13.7. The first-order valence-electron chi connectivity index (χ1n) is 7.48. The summed E-state index contributed by atoms with van der Waals surface area (Å²) < 4.78 is 13.7. The Labute approximate surface area is 130 Å². The third kappa shape index (κ3) is 4.68. The van der Waals surface area contributed by atoms with Gasteiger partial charge >= 0.3 is 0 Å². The van der Waals surface area contributed by atoms with Crippen LogP contribution in [0.5, 0.6) is 0 Å². The summed E-state index contributed by atoms with van der Waals surface area (Å²) in [6.45, 7) is 1.25. The van der Waals surface area contributed by atoms with Gasteiger partial charge in [-0.2, -0.15) is 0 Å². The largest absolute Gasteiger partial charge is 0.341 e. The number of nitrogens with zero attached hydrogens (tertiary/aromatic N) is 1. The van der Waals surface area contributed by atoms with Crippen LogP contribution in [0.3, 0.4) is 0 Å². The molecule has 1 heterocycles. The maximum Gasteiger partial charge on any atom is 0.222 e. The topological polar surface area (TPSA) is 32.3 Å². The highest BCUT2D eigenvalue weighted by Gasteiger charge is 2.17. The highest BCUT2D eigenvalue weighted by Crippen LogP contribution is 2.21. The van der Waals surface area contributed by atoms with Crippen LogP contribution in [-0.2, 0) is 11.3 Å². The summed E-state index contributed by atoms with van der Waals surface area (Å²) in [5, 5.41) is 3.79. The molecule has 0 bridgehead atoms. The Morgan fingerprint density at radius 2 is 2.29 bits per heavy atom. The lowest BCUT2D eigenvalue weighted by molar-refractivity contribution is -0.130. The highest BCUT2D eigenvalue weighted by atomic mass is 35.5. The van der Waals surface area contributed by atoms with Crippen LogP contribution < -0.4 is 5.32 Å². The van der Waals surface area contributed by atoms with Crippen molar-refractivity contribution in [1.29, 1.82) is 0 Å². The van der Waals surface area contributed by atoms with E-state index in [1.165, 1.54) is 18.9 Å².